The van der Waals surface area contributed by atoms with Gasteiger partial charge >= 0.3 is 0 Å². The predicted octanol–water partition coefficient (Wildman–Crippen LogP) is 3.97. The van der Waals surface area contributed by atoms with Gasteiger partial charge < -0.3 is 10.6 Å². The minimum atomic E-state index is 0.161. The molecule has 2 aliphatic rings. The van der Waals surface area contributed by atoms with Crippen LogP contribution in [0.4, 0.5) is 5.69 Å². The number of nitrogens with zero attached hydrogens (tertiary/aromatic N) is 1. The second-order valence-corrected chi connectivity index (χ2v) is 6.89. The first-order chi connectivity index (χ1) is 9.69. The van der Waals surface area contributed by atoms with Crippen LogP contribution < -0.4 is 10.6 Å². The summed E-state index contributed by atoms with van der Waals surface area (Å²) < 4.78 is 0. The highest BCUT2D eigenvalue weighted by Crippen LogP contribution is 2.48. The fourth-order valence-corrected chi connectivity index (χ4v) is 4.42. The Bertz CT molecular complexity index is 456. The third kappa shape index (κ3) is 2.58. The Hall–Kier alpha value is -1.02. The number of nitrogens with two attached hydrogens (primary N) is 1. The molecule has 4 atom stereocenters. The summed E-state index contributed by atoms with van der Waals surface area (Å²) in [5.74, 6) is 2.94. The number of hydrogen-bond donors (Lipinski definition) is 1. The van der Waals surface area contributed by atoms with E-state index in [1.54, 1.807) is 0 Å². The minimum Gasteiger partial charge on any atom is -0.374 e. The highest BCUT2D eigenvalue weighted by molar-refractivity contribution is 5.54. The van der Waals surface area contributed by atoms with Gasteiger partial charge in [0.05, 0.1) is 0 Å². The molecule has 2 N–H and O–H groups in total. The molecule has 2 saturated carbocycles. The van der Waals surface area contributed by atoms with E-state index < -0.39 is 0 Å². The van der Waals surface area contributed by atoms with E-state index in [2.05, 4.69) is 43.1 Å². The van der Waals surface area contributed by atoms with Crippen LogP contribution in [-0.2, 0) is 0 Å². The molecule has 20 heavy (non-hydrogen) atoms. The van der Waals surface area contributed by atoms with Crippen LogP contribution in [0, 0.1) is 17.8 Å². The predicted molar refractivity (Wildman–Crippen MR) is 85.9 cm³/mol. The third-order valence-electron chi connectivity index (χ3n) is 5.58. The molecular weight excluding hydrogens is 244 g/mol. The summed E-state index contributed by atoms with van der Waals surface area (Å²) >= 11 is 0. The highest BCUT2D eigenvalue weighted by atomic mass is 15.1. The van der Waals surface area contributed by atoms with Crippen LogP contribution in [0.3, 0.4) is 0 Å². The summed E-state index contributed by atoms with van der Waals surface area (Å²) in [6.45, 7) is 3.37. The van der Waals surface area contributed by atoms with Crippen molar-refractivity contribution < 1.29 is 0 Å². The van der Waals surface area contributed by atoms with Crippen LogP contribution in [0.1, 0.15) is 50.6 Å². The molecule has 2 nitrogen and oxygen atoms in total. The first-order valence-electron chi connectivity index (χ1n) is 8.24. The zero-order valence-corrected chi connectivity index (χ0v) is 12.9. The molecule has 1 aromatic rings. The molecule has 2 heteroatoms. The van der Waals surface area contributed by atoms with E-state index in [9.17, 15) is 0 Å². The number of anilines is 1. The van der Waals surface area contributed by atoms with Crippen molar-refractivity contribution in [2.24, 2.45) is 23.5 Å². The quantitative estimate of drug-likeness (QED) is 0.879. The van der Waals surface area contributed by atoms with E-state index in [1.807, 2.05) is 0 Å². The average Bonchev–Trinajstić information content (AvgIpc) is 3.09. The largest absolute Gasteiger partial charge is 0.374 e. The lowest BCUT2D eigenvalue weighted by molar-refractivity contribution is 0.337. The molecular formula is C18H28N2. The summed E-state index contributed by atoms with van der Waals surface area (Å²) in [5, 5.41) is 0. The van der Waals surface area contributed by atoms with Gasteiger partial charge in [0.1, 0.15) is 0 Å². The van der Waals surface area contributed by atoms with Crippen LogP contribution in [-0.4, -0.2) is 13.6 Å². The molecule has 2 aliphatic carbocycles. The van der Waals surface area contributed by atoms with Gasteiger partial charge in [0, 0.05) is 25.3 Å². The molecule has 3 rings (SSSR count). The fourth-order valence-electron chi connectivity index (χ4n) is 4.42. The number of hydrogen-bond acceptors (Lipinski definition) is 2. The van der Waals surface area contributed by atoms with Crippen molar-refractivity contribution in [1.29, 1.82) is 0 Å². The molecule has 0 radical (unpaired) electrons. The first-order valence-corrected chi connectivity index (χ1v) is 8.24. The SMILES string of the molecule is CCC(N)c1ccccc1N(C)CC1CC2CCC1C2. The van der Waals surface area contributed by atoms with Crippen molar-refractivity contribution in [1.82, 2.24) is 0 Å². The van der Waals surface area contributed by atoms with Gasteiger partial charge in [0.25, 0.3) is 0 Å². The van der Waals surface area contributed by atoms with Crippen molar-refractivity contribution in [2.45, 2.75) is 45.1 Å². The lowest BCUT2D eigenvalue weighted by atomic mass is 9.88. The summed E-state index contributed by atoms with van der Waals surface area (Å²) in [7, 11) is 2.24. The topological polar surface area (TPSA) is 29.3 Å². The maximum Gasteiger partial charge on any atom is 0.0412 e. The summed E-state index contributed by atoms with van der Waals surface area (Å²) in [5.41, 5.74) is 8.92. The Balaban J connectivity index is 1.72. The Morgan fingerprint density at radius 1 is 1.25 bits per heavy atom. The molecule has 2 fully saturated rings. The Labute approximate surface area is 123 Å². The number of benzene rings is 1. The summed E-state index contributed by atoms with van der Waals surface area (Å²) in [4.78, 5) is 2.45. The third-order valence-corrected chi connectivity index (χ3v) is 5.58. The zero-order chi connectivity index (χ0) is 14.1. The standard InChI is InChI=1S/C18H28N2/c1-3-17(19)16-6-4-5-7-18(16)20(2)12-15-11-13-8-9-14(15)10-13/h4-7,13-15,17H,3,8-12,19H2,1-2H3. The monoisotopic (exact) mass is 272 g/mol. The maximum absolute atomic E-state index is 6.27. The maximum atomic E-state index is 6.27. The molecule has 0 amide bonds. The normalized spacial score (nSPS) is 29.6. The Morgan fingerprint density at radius 3 is 2.70 bits per heavy atom. The molecule has 1 aromatic carbocycles. The van der Waals surface area contributed by atoms with E-state index in [0.29, 0.717) is 0 Å². The van der Waals surface area contributed by atoms with Gasteiger partial charge in [-0.25, -0.2) is 0 Å². The van der Waals surface area contributed by atoms with E-state index in [-0.39, 0.29) is 6.04 Å². The first kappa shape index (κ1) is 13.9. The molecule has 4 unspecified atom stereocenters. The molecule has 0 heterocycles. The second-order valence-electron chi connectivity index (χ2n) is 6.89. The van der Waals surface area contributed by atoms with Crippen molar-refractivity contribution in [3.63, 3.8) is 0 Å². The van der Waals surface area contributed by atoms with Crippen LogP contribution in [0.2, 0.25) is 0 Å². The van der Waals surface area contributed by atoms with Crippen molar-refractivity contribution in [3.05, 3.63) is 29.8 Å². The Morgan fingerprint density at radius 2 is 2.05 bits per heavy atom. The van der Waals surface area contributed by atoms with Gasteiger partial charge in [0.2, 0.25) is 0 Å². The van der Waals surface area contributed by atoms with Crippen molar-refractivity contribution >= 4 is 5.69 Å². The smallest absolute Gasteiger partial charge is 0.0412 e. The van der Waals surface area contributed by atoms with Gasteiger partial charge in [-0.05, 0) is 55.1 Å². The van der Waals surface area contributed by atoms with E-state index in [0.717, 1.165) is 24.2 Å². The minimum absolute atomic E-state index is 0.161. The van der Waals surface area contributed by atoms with Gasteiger partial charge in [-0.15, -0.1) is 0 Å². The zero-order valence-electron chi connectivity index (χ0n) is 12.9. The van der Waals surface area contributed by atoms with Crippen LogP contribution >= 0.6 is 0 Å². The average molecular weight is 272 g/mol. The molecule has 110 valence electrons. The van der Waals surface area contributed by atoms with Crippen LogP contribution in [0.15, 0.2) is 24.3 Å². The number of para-hydroxylation sites is 1. The van der Waals surface area contributed by atoms with Gasteiger partial charge in [-0.2, -0.15) is 0 Å². The fraction of sp³-hybridized carbons (Fsp3) is 0.667. The molecule has 0 aliphatic heterocycles. The molecule has 2 bridgehead atoms. The number of fused-ring (bicyclic) bond motifs is 2. The van der Waals surface area contributed by atoms with Crippen molar-refractivity contribution in [2.75, 3.05) is 18.5 Å². The van der Waals surface area contributed by atoms with E-state index in [1.165, 1.54) is 43.5 Å². The lowest BCUT2D eigenvalue weighted by Crippen LogP contribution is -2.30. The summed E-state index contributed by atoms with van der Waals surface area (Å²) in [6, 6.07) is 8.84. The lowest BCUT2D eigenvalue weighted by Gasteiger charge is -2.30. The number of rotatable bonds is 5. The van der Waals surface area contributed by atoms with E-state index in [4.69, 9.17) is 5.73 Å². The van der Waals surface area contributed by atoms with Crippen molar-refractivity contribution in [3.8, 4) is 0 Å². The summed E-state index contributed by atoms with van der Waals surface area (Å²) in [6.07, 6.45) is 6.91. The van der Waals surface area contributed by atoms with Gasteiger partial charge in [-0.3, -0.25) is 0 Å². The molecule has 0 spiro atoms. The van der Waals surface area contributed by atoms with Gasteiger partial charge in [-0.1, -0.05) is 31.5 Å². The van der Waals surface area contributed by atoms with Gasteiger partial charge in [0.15, 0.2) is 0 Å². The molecule has 0 saturated heterocycles. The highest BCUT2D eigenvalue weighted by Gasteiger charge is 2.39. The molecule has 0 aromatic heterocycles. The van der Waals surface area contributed by atoms with E-state index >= 15 is 0 Å². The van der Waals surface area contributed by atoms with Crippen LogP contribution in [0.25, 0.3) is 0 Å². The Kier molecular flexibility index (Phi) is 4.02. The second kappa shape index (κ2) is 5.77. The van der Waals surface area contributed by atoms with Crippen LogP contribution in [0.5, 0.6) is 0 Å².